The molecule has 0 saturated carbocycles. The third kappa shape index (κ3) is 2.61. The van der Waals surface area contributed by atoms with Gasteiger partial charge in [-0.15, -0.1) is 13.2 Å². The molecule has 2 heteroatoms. The minimum Gasteiger partial charge on any atom is -0.354 e. The number of hydrogen-bond acceptors (Lipinski definition) is 1. The van der Waals surface area contributed by atoms with Crippen molar-refractivity contribution in [2.24, 2.45) is 0 Å². The first kappa shape index (κ1) is 17.3. The van der Waals surface area contributed by atoms with Crippen molar-refractivity contribution in [3.05, 3.63) is 85.1 Å². The van der Waals surface area contributed by atoms with E-state index in [0.717, 1.165) is 0 Å². The Labute approximate surface area is 159 Å². The van der Waals surface area contributed by atoms with Gasteiger partial charge in [-0.2, -0.15) is 0 Å². The predicted octanol–water partition coefficient (Wildman–Crippen LogP) is 6.29. The second kappa shape index (κ2) is 6.57. The molecule has 4 aromatic rings. The highest BCUT2D eigenvalue weighted by Gasteiger charge is 2.20. The molecule has 5 rings (SSSR count). The summed E-state index contributed by atoms with van der Waals surface area (Å²) in [5.41, 5.74) is 3.54. The SMILES string of the molecule is C=C.CNC1(C)C=Cc2[nH]c3c4ccccc4c4ccccc4c3c2C=C1. The van der Waals surface area contributed by atoms with E-state index in [1.165, 1.54) is 43.7 Å². The molecule has 0 fully saturated rings. The van der Waals surface area contributed by atoms with Crippen molar-refractivity contribution in [3.8, 4) is 0 Å². The quantitative estimate of drug-likeness (QED) is 0.305. The van der Waals surface area contributed by atoms with Crippen molar-refractivity contribution in [1.29, 1.82) is 0 Å². The molecule has 2 nitrogen and oxygen atoms in total. The summed E-state index contributed by atoms with van der Waals surface area (Å²) >= 11 is 0. The molecule has 0 saturated heterocycles. The average molecular weight is 352 g/mol. The number of H-pyrrole nitrogens is 1. The van der Waals surface area contributed by atoms with Crippen LogP contribution in [-0.2, 0) is 0 Å². The molecule has 3 aromatic carbocycles. The lowest BCUT2D eigenvalue weighted by atomic mass is 9.95. The second-order valence-electron chi connectivity index (χ2n) is 6.99. The molecule has 0 bridgehead atoms. The highest BCUT2D eigenvalue weighted by Crippen LogP contribution is 2.39. The topological polar surface area (TPSA) is 27.8 Å². The van der Waals surface area contributed by atoms with Crippen LogP contribution < -0.4 is 5.32 Å². The summed E-state index contributed by atoms with van der Waals surface area (Å²) in [4.78, 5) is 3.69. The summed E-state index contributed by atoms with van der Waals surface area (Å²) < 4.78 is 0. The lowest BCUT2D eigenvalue weighted by molar-refractivity contribution is 0.593. The molecule has 1 heterocycles. The van der Waals surface area contributed by atoms with Gasteiger partial charge in [0.1, 0.15) is 0 Å². The van der Waals surface area contributed by atoms with Gasteiger partial charge in [0.15, 0.2) is 0 Å². The van der Waals surface area contributed by atoms with Crippen LogP contribution in [0.4, 0.5) is 0 Å². The lowest BCUT2D eigenvalue weighted by Gasteiger charge is -2.19. The molecule has 0 spiro atoms. The first-order chi connectivity index (χ1) is 13.2. The van der Waals surface area contributed by atoms with E-state index in [9.17, 15) is 0 Å². The molecule has 0 radical (unpaired) electrons. The maximum atomic E-state index is 3.69. The molecular formula is C25H24N2. The Morgan fingerprint density at radius 2 is 1.37 bits per heavy atom. The van der Waals surface area contributed by atoms with Crippen molar-refractivity contribution in [2.75, 3.05) is 7.05 Å². The number of fused-ring (bicyclic) bond motifs is 8. The van der Waals surface area contributed by atoms with E-state index in [0.29, 0.717) is 0 Å². The van der Waals surface area contributed by atoms with Gasteiger partial charge in [-0.1, -0.05) is 66.8 Å². The number of likely N-dealkylation sites (N-methyl/N-ethyl adjacent to an activating group) is 1. The number of rotatable bonds is 1. The summed E-state index contributed by atoms with van der Waals surface area (Å²) in [7, 11) is 2.00. The van der Waals surface area contributed by atoms with E-state index in [2.05, 4.69) is 103 Å². The summed E-state index contributed by atoms with van der Waals surface area (Å²) in [6.45, 7) is 8.18. The number of aromatic nitrogens is 1. The third-order valence-electron chi connectivity index (χ3n) is 5.48. The van der Waals surface area contributed by atoms with Crippen LogP contribution in [-0.4, -0.2) is 17.6 Å². The Bertz CT molecular complexity index is 1210. The van der Waals surface area contributed by atoms with Gasteiger partial charge in [-0.05, 0) is 36.2 Å². The Kier molecular flexibility index (Phi) is 4.21. The standard InChI is InChI=1S/C23H20N2.C2H4/c1-23(24-2)13-11-19-20(12-14-23)25-22-18-10-6-4-8-16(18)15-7-3-5-9-17(15)21(19)22;1-2/h3-14,24-25H,1-2H3;1-2H2. The Morgan fingerprint density at radius 3 is 2.04 bits per heavy atom. The molecule has 1 unspecified atom stereocenters. The van der Waals surface area contributed by atoms with Crippen molar-refractivity contribution >= 4 is 44.6 Å². The number of benzene rings is 3. The van der Waals surface area contributed by atoms with Crippen molar-refractivity contribution in [1.82, 2.24) is 10.3 Å². The van der Waals surface area contributed by atoms with Crippen LogP contribution in [0.25, 0.3) is 44.6 Å². The molecule has 1 aliphatic carbocycles. The second-order valence-corrected chi connectivity index (χ2v) is 6.99. The number of aromatic amines is 1. The van der Waals surface area contributed by atoms with E-state index in [-0.39, 0.29) is 5.54 Å². The molecule has 1 aliphatic rings. The van der Waals surface area contributed by atoms with Gasteiger partial charge in [0, 0.05) is 22.0 Å². The summed E-state index contributed by atoms with van der Waals surface area (Å²) in [6.07, 6.45) is 8.92. The maximum absolute atomic E-state index is 3.69. The van der Waals surface area contributed by atoms with Crippen molar-refractivity contribution < 1.29 is 0 Å². The Balaban J connectivity index is 0.000000872. The van der Waals surface area contributed by atoms with Gasteiger partial charge in [0.25, 0.3) is 0 Å². The fourth-order valence-corrected chi connectivity index (χ4v) is 3.93. The zero-order valence-electron chi connectivity index (χ0n) is 15.8. The van der Waals surface area contributed by atoms with Crippen LogP contribution >= 0.6 is 0 Å². The minimum absolute atomic E-state index is 0.126. The molecule has 0 aliphatic heterocycles. The van der Waals surface area contributed by atoms with E-state index < -0.39 is 0 Å². The Morgan fingerprint density at radius 1 is 0.815 bits per heavy atom. The van der Waals surface area contributed by atoms with Gasteiger partial charge in [-0.3, -0.25) is 0 Å². The molecule has 1 aromatic heterocycles. The number of nitrogens with one attached hydrogen (secondary N) is 2. The Hall–Kier alpha value is -3.10. The summed E-state index contributed by atoms with van der Waals surface area (Å²) in [5, 5.41) is 9.88. The van der Waals surface area contributed by atoms with Crippen LogP contribution in [0.5, 0.6) is 0 Å². The zero-order chi connectivity index (χ0) is 19.0. The van der Waals surface area contributed by atoms with Crippen molar-refractivity contribution in [2.45, 2.75) is 12.5 Å². The zero-order valence-corrected chi connectivity index (χ0v) is 15.8. The molecule has 27 heavy (non-hydrogen) atoms. The molecule has 134 valence electrons. The first-order valence-corrected chi connectivity index (χ1v) is 9.23. The van der Waals surface area contributed by atoms with Crippen LogP contribution in [0.15, 0.2) is 73.8 Å². The lowest BCUT2D eigenvalue weighted by Crippen LogP contribution is -2.34. The van der Waals surface area contributed by atoms with Crippen molar-refractivity contribution in [3.63, 3.8) is 0 Å². The number of hydrogen-bond donors (Lipinski definition) is 2. The van der Waals surface area contributed by atoms with Crippen LogP contribution in [0.3, 0.4) is 0 Å². The minimum atomic E-state index is -0.126. The van der Waals surface area contributed by atoms with Crippen LogP contribution in [0, 0.1) is 0 Å². The monoisotopic (exact) mass is 352 g/mol. The molecular weight excluding hydrogens is 328 g/mol. The van der Waals surface area contributed by atoms with E-state index in [1.807, 2.05) is 7.05 Å². The smallest absolute Gasteiger partial charge is 0.0551 e. The molecule has 1 atom stereocenters. The van der Waals surface area contributed by atoms with Gasteiger partial charge < -0.3 is 10.3 Å². The average Bonchev–Trinajstić information content (AvgIpc) is 3.03. The van der Waals surface area contributed by atoms with E-state index in [1.54, 1.807) is 0 Å². The highest BCUT2D eigenvalue weighted by molar-refractivity contribution is 6.26. The van der Waals surface area contributed by atoms with Gasteiger partial charge in [0.2, 0.25) is 0 Å². The van der Waals surface area contributed by atoms with Gasteiger partial charge >= 0.3 is 0 Å². The summed E-state index contributed by atoms with van der Waals surface area (Å²) in [6, 6.07) is 17.4. The van der Waals surface area contributed by atoms with E-state index >= 15 is 0 Å². The van der Waals surface area contributed by atoms with Gasteiger partial charge in [-0.25, -0.2) is 0 Å². The van der Waals surface area contributed by atoms with Gasteiger partial charge in [0.05, 0.1) is 11.1 Å². The van der Waals surface area contributed by atoms with Crippen LogP contribution in [0.1, 0.15) is 18.2 Å². The molecule has 2 N–H and O–H groups in total. The first-order valence-electron chi connectivity index (χ1n) is 9.23. The van der Waals surface area contributed by atoms with E-state index in [4.69, 9.17) is 0 Å². The van der Waals surface area contributed by atoms with Crippen LogP contribution in [0.2, 0.25) is 0 Å². The summed E-state index contributed by atoms with van der Waals surface area (Å²) in [5.74, 6) is 0. The maximum Gasteiger partial charge on any atom is 0.0551 e. The fraction of sp³-hybridized carbons (Fsp3) is 0.120. The normalized spacial score (nSPS) is 18.3. The highest BCUT2D eigenvalue weighted by atomic mass is 14.9. The largest absolute Gasteiger partial charge is 0.354 e. The molecule has 0 amide bonds. The fourth-order valence-electron chi connectivity index (χ4n) is 3.93. The predicted molar refractivity (Wildman–Crippen MR) is 120 cm³/mol. The third-order valence-corrected chi connectivity index (χ3v) is 5.48.